The molecule has 3 nitrogen and oxygen atoms in total. The number of aromatic nitrogens is 2. The Morgan fingerprint density at radius 1 is 1.62 bits per heavy atom. The lowest BCUT2D eigenvalue weighted by Gasteiger charge is -1.95. The van der Waals surface area contributed by atoms with E-state index in [2.05, 4.69) is 25.9 Å². The number of hydrogen-bond donors (Lipinski definition) is 1. The highest BCUT2D eigenvalue weighted by atomic mass is 79.9. The third-order valence-corrected chi connectivity index (χ3v) is 2.66. The summed E-state index contributed by atoms with van der Waals surface area (Å²) in [6.45, 7) is 0. The van der Waals surface area contributed by atoms with Crippen molar-refractivity contribution in [2.45, 2.75) is 0 Å². The summed E-state index contributed by atoms with van der Waals surface area (Å²) in [7, 11) is 0. The van der Waals surface area contributed by atoms with Gasteiger partial charge < -0.3 is 4.98 Å². The van der Waals surface area contributed by atoms with Gasteiger partial charge in [0.25, 0.3) is 0 Å². The first kappa shape index (κ1) is 8.72. The number of fused-ring (bicyclic) bond motifs is 1. The van der Waals surface area contributed by atoms with Crippen molar-refractivity contribution in [3.8, 4) is 0 Å². The Bertz CT molecular complexity index is 480. The SMILES string of the molecule is O=Cc1c[nH]c2c(Br)cnc(Cl)c12. The van der Waals surface area contributed by atoms with E-state index in [4.69, 9.17) is 11.6 Å². The average molecular weight is 259 g/mol. The number of aromatic amines is 1. The van der Waals surface area contributed by atoms with Crippen LogP contribution in [-0.4, -0.2) is 16.3 Å². The predicted molar refractivity (Wildman–Crippen MR) is 54.2 cm³/mol. The summed E-state index contributed by atoms with van der Waals surface area (Å²) in [6.07, 6.45) is 3.95. The van der Waals surface area contributed by atoms with Crippen LogP contribution >= 0.6 is 27.5 Å². The van der Waals surface area contributed by atoms with E-state index in [0.29, 0.717) is 16.1 Å². The second-order valence-electron chi connectivity index (χ2n) is 2.51. The number of halogens is 2. The molecular formula is C8H4BrClN2O. The second-order valence-corrected chi connectivity index (χ2v) is 3.72. The van der Waals surface area contributed by atoms with Crippen LogP contribution in [0.25, 0.3) is 10.9 Å². The highest BCUT2D eigenvalue weighted by Crippen LogP contribution is 2.29. The minimum absolute atomic E-state index is 0.335. The highest BCUT2D eigenvalue weighted by Gasteiger charge is 2.10. The highest BCUT2D eigenvalue weighted by molar-refractivity contribution is 9.10. The van der Waals surface area contributed by atoms with E-state index < -0.39 is 0 Å². The standard InChI is InChI=1S/C8H4BrClN2O/c9-5-2-12-8(10)6-4(3-13)1-11-7(5)6/h1-3,11H. The zero-order valence-electron chi connectivity index (χ0n) is 6.34. The number of aldehydes is 1. The molecule has 0 aliphatic rings. The van der Waals surface area contributed by atoms with Crippen LogP contribution < -0.4 is 0 Å². The summed E-state index contributed by atoms with van der Waals surface area (Å²) >= 11 is 9.15. The number of nitrogens with zero attached hydrogens (tertiary/aromatic N) is 1. The van der Waals surface area contributed by atoms with E-state index in [0.717, 1.165) is 16.3 Å². The van der Waals surface area contributed by atoms with E-state index in [-0.39, 0.29) is 0 Å². The molecule has 0 atom stereocenters. The molecule has 0 aromatic carbocycles. The Hall–Kier alpha value is -0.870. The van der Waals surface area contributed by atoms with Crippen molar-refractivity contribution in [3.05, 3.63) is 27.6 Å². The van der Waals surface area contributed by atoms with Gasteiger partial charge in [0.2, 0.25) is 0 Å². The van der Waals surface area contributed by atoms with Crippen LogP contribution in [0.4, 0.5) is 0 Å². The number of hydrogen-bond acceptors (Lipinski definition) is 2. The summed E-state index contributed by atoms with van der Waals surface area (Å²) in [5, 5.41) is 0.993. The molecule has 66 valence electrons. The van der Waals surface area contributed by atoms with Crippen LogP contribution in [-0.2, 0) is 0 Å². The normalized spacial score (nSPS) is 10.6. The van der Waals surface area contributed by atoms with E-state index in [1.165, 1.54) is 0 Å². The summed E-state index contributed by atoms with van der Waals surface area (Å²) in [4.78, 5) is 17.5. The molecular weight excluding hydrogens is 255 g/mol. The van der Waals surface area contributed by atoms with Crippen LogP contribution in [0.3, 0.4) is 0 Å². The first-order valence-electron chi connectivity index (χ1n) is 3.50. The zero-order chi connectivity index (χ0) is 9.42. The fourth-order valence-electron chi connectivity index (χ4n) is 1.18. The molecule has 13 heavy (non-hydrogen) atoms. The quantitative estimate of drug-likeness (QED) is 0.632. The minimum Gasteiger partial charge on any atom is -0.359 e. The van der Waals surface area contributed by atoms with E-state index in [1.807, 2.05) is 0 Å². The van der Waals surface area contributed by atoms with Gasteiger partial charge in [0.05, 0.1) is 9.99 Å². The zero-order valence-corrected chi connectivity index (χ0v) is 8.69. The third kappa shape index (κ3) is 1.26. The average Bonchev–Trinajstić information content (AvgIpc) is 2.56. The molecule has 0 aliphatic heterocycles. The van der Waals surface area contributed by atoms with Crippen molar-refractivity contribution in [1.82, 2.24) is 9.97 Å². The molecule has 0 aliphatic carbocycles. The summed E-state index contributed by atoms with van der Waals surface area (Å²) in [6, 6.07) is 0. The van der Waals surface area contributed by atoms with Gasteiger partial charge in [0.15, 0.2) is 6.29 Å². The third-order valence-electron chi connectivity index (χ3n) is 1.77. The van der Waals surface area contributed by atoms with Gasteiger partial charge >= 0.3 is 0 Å². The van der Waals surface area contributed by atoms with Crippen molar-refractivity contribution in [1.29, 1.82) is 0 Å². The van der Waals surface area contributed by atoms with Crippen LogP contribution in [0.15, 0.2) is 16.9 Å². The second kappa shape index (κ2) is 3.12. The molecule has 0 saturated carbocycles. The largest absolute Gasteiger partial charge is 0.359 e. The molecule has 1 N–H and O–H groups in total. The fraction of sp³-hybridized carbons (Fsp3) is 0. The molecule has 0 fully saturated rings. The Morgan fingerprint density at radius 2 is 2.38 bits per heavy atom. The van der Waals surface area contributed by atoms with Crippen LogP contribution in [0, 0.1) is 0 Å². The molecule has 0 saturated heterocycles. The van der Waals surface area contributed by atoms with Crippen molar-refractivity contribution < 1.29 is 4.79 Å². The number of nitrogens with one attached hydrogen (secondary N) is 1. The number of carbonyl (C=O) groups excluding carboxylic acids is 1. The van der Waals surface area contributed by atoms with Gasteiger partial charge in [-0.25, -0.2) is 4.98 Å². The van der Waals surface area contributed by atoms with Gasteiger partial charge in [-0.2, -0.15) is 0 Å². The molecule has 2 aromatic rings. The van der Waals surface area contributed by atoms with Crippen LogP contribution in [0.1, 0.15) is 10.4 Å². The number of H-pyrrole nitrogens is 1. The topological polar surface area (TPSA) is 45.8 Å². The number of pyridine rings is 1. The molecule has 2 rings (SSSR count). The summed E-state index contributed by atoms with van der Waals surface area (Å²) < 4.78 is 0.792. The van der Waals surface area contributed by atoms with Gasteiger partial charge in [-0.15, -0.1) is 0 Å². The molecule has 0 amide bonds. The van der Waals surface area contributed by atoms with Gasteiger partial charge in [-0.1, -0.05) is 11.6 Å². The lowest BCUT2D eigenvalue weighted by molar-refractivity contribution is 0.112. The van der Waals surface area contributed by atoms with Crippen molar-refractivity contribution >= 4 is 44.7 Å². The molecule has 0 unspecified atom stereocenters. The van der Waals surface area contributed by atoms with Crippen LogP contribution in [0.5, 0.6) is 0 Å². The maximum atomic E-state index is 10.6. The maximum Gasteiger partial charge on any atom is 0.152 e. The van der Waals surface area contributed by atoms with E-state index >= 15 is 0 Å². The Labute approximate surface area is 87.2 Å². The first-order chi connectivity index (χ1) is 6.24. The molecule has 0 radical (unpaired) electrons. The van der Waals surface area contributed by atoms with E-state index in [1.54, 1.807) is 12.4 Å². The molecule has 0 bridgehead atoms. The molecule has 0 spiro atoms. The Kier molecular flexibility index (Phi) is 2.09. The predicted octanol–water partition coefficient (Wildman–Crippen LogP) is 2.79. The van der Waals surface area contributed by atoms with E-state index in [9.17, 15) is 4.79 Å². The van der Waals surface area contributed by atoms with Gasteiger partial charge in [0.1, 0.15) is 5.15 Å². The number of carbonyl (C=O) groups is 1. The summed E-state index contributed by atoms with van der Waals surface area (Å²) in [5.74, 6) is 0. The van der Waals surface area contributed by atoms with Crippen molar-refractivity contribution in [3.63, 3.8) is 0 Å². The maximum absolute atomic E-state index is 10.6. The van der Waals surface area contributed by atoms with Crippen molar-refractivity contribution in [2.24, 2.45) is 0 Å². The Morgan fingerprint density at radius 3 is 3.08 bits per heavy atom. The molecule has 5 heteroatoms. The lowest BCUT2D eigenvalue weighted by Crippen LogP contribution is -1.81. The molecule has 2 heterocycles. The lowest BCUT2D eigenvalue weighted by atomic mass is 10.2. The minimum atomic E-state index is 0.335. The Balaban J connectivity index is 2.95. The van der Waals surface area contributed by atoms with Crippen LogP contribution in [0.2, 0.25) is 5.15 Å². The van der Waals surface area contributed by atoms with Gasteiger partial charge in [0, 0.05) is 23.3 Å². The smallest absolute Gasteiger partial charge is 0.152 e. The molecule has 2 aromatic heterocycles. The first-order valence-corrected chi connectivity index (χ1v) is 4.67. The van der Waals surface area contributed by atoms with Gasteiger partial charge in [-0.05, 0) is 15.9 Å². The number of rotatable bonds is 1. The summed E-state index contributed by atoms with van der Waals surface area (Å²) in [5.41, 5.74) is 1.32. The van der Waals surface area contributed by atoms with Crippen molar-refractivity contribution in [2.75, 3.05) is 0 Å². The van der Waals surface area contributed by atoms with Gasteiger partial charge in [-0.3, -0.25) is 4.79 Å². The monoisotopic (exact) mass is 258 g/mol. The fourth-order valence-corrected chi connectivity index (χ4v) is 1.85.